The van der Waals surface area contributed by atoms with E-state index in [4.69, 9.17) is 0 Å². The third-order valence-corrected chi connectivity index (χ3v) is 3.35. The van der Waals surface area contributed by atoms with Gasteiger partial charge in [0.15, 0.2) is 0 Å². The summed E-state index contributed by atoms with van der Waals surface area (Å²) in [6.07, 6.45) is 2.31. The minimum atomic E-state index is -0.512. The molecule has 0 bridgehead atoms. The first-order valence-corrected chi connectivity index (χ1v) is 7.27. The molecule has 106 valence electrons. The standard InChI is InChI=1S/C15H20BrF2N/c1-4-7-19-14(6-5-10(2)3)15-12(17)8-11(16)9-13(15)18/h8-9,14,19H,2,4-7H2,1,3H3. The minimum Gasteiger partial charge on any atom is -0.310 e. The van der Waals surface area contributed by atoms with Crippen molar-refractivity contribution in [3.63, 3.8) is 0 Å². The van der Waals surface area contributed by atoms with Crippen LogP contribution in [0.25, 0.3) is 0 Å². The maximum atomic E-state index is 14.0. The molecule has 0 heterocycles. The largest absolute Gasteiger partial charge is 0.310 e. The van der Waals surface area contributed by atoms with Crippen LogP contribution in [-0.2, 0) is 0 Å². The Balaban J connectivity index is 2.98. The number of halogens is 3. The summed E-state index contributed by atoms with van der Waals surface area (Å²) in [4.78, 5) is 0. The molecule has 1 aromatic carbocycles. The van der Waals surface area contributed by atoms with E-state index in [0.717, 1.165) is 25.0 Å². The topological polar surface area (TPSA) is 12.0 Å². The summed E-state index contributed by atoms with van der Waals surface area (Å²) in [7, 11) is 0. The number of benzene rings is 1. The van der Waals surface area contributed by atoms with Crippen LogP contribution < -0.4 is 5.32 Å². The van der Waals surface area contributed by atoms with E-state index in [1.807, 2.05) is 13.8 Å². The van der Waals surface area contributed by atoms with Crippen LogP contribution in [0.3, 0.4) is 0 Å². The zero-order chi connectivity index (χ0) is 14.4. The lowest BCUT2D eigenvalue weighted by atomic mass is 9.98. The number of hydrogen-bond donors (Lipinski definition) is 1. The molecule has 1 nitrogen and oxygen atoms in total. The lowest BCUT2D eigenvalue weighted by Crippen LogP contribution is -2.24. The van der Waals surface area contributed by atoms with Gasteiger partial charge in [0.1, 0.15) is 11.6 Å². The monoisotopic (exact) mass is 331 g/mol. The molecule has 0 amide bonds. The predicted octanol–water partition coefficient (Wildman–Crippen LogP) is 5.12. The van der Waals surface area contributed by atoms with Crippen LogP contribution in [-0.4, -0.2) is 6.54 Å². The molecule has 0 aliphatic carbocycles. The van der Waals surface area contributed by atoms with E-state index in [0.29, 0.717) is 10.9 Å². The molecule has 0 spiro atoms. The fraction of sp³-hybridized carbons (Fsp3) is 0.467. The number of rotatable bonds is 7. The highest BCUT2D eigenvalue weighted by molar-refractivity contribution is 9.10. The van der Waals surface area contributed by atoms with Crippen LogP contribution in [0.15, 0.2) is 28.8 Å². The Morgan fingerprint density at radius 2 is 1.95 bits per heavy atom. The Labute approximate surface area is 122 Å². The smallest absolute Gasteiger partial charge is 0.132 e. The first-order chi connectivity index (χ1) is 8.95. The fourth-order valence-corrected chi connectivity index (χ4v) is 2.35. The second-order valence-corrected chi connectivity index (χ2v) is 5.70. The number of nitrogens with one attached hydrogen (secondary N) is 1. The van der Waals surface area contributed by atoms with E-state index >= 15 is 0 Å². The molecule has 1 unspecified atom stereocenters. The van der Waals surface area contributed by atoms with Gasteiger partial charge in [-0.1, -0.05) is 28.4 Å². The summed E-state index contributed by atoms with van der Waals surface area (Å²) in [6.45, 7) is 8.52. The number of hydrogen-bond acceptors (Lipinski definition) is 1. The SMILES string of the molecule is C=C(C)CCC(NCCC)c1c(F)cc(Br)cc1F. The van der Waals surface area contributed by atoms with Crippen LogP contribution in [0.1, 0.15) is 44.7 Å². The molecule has 0 fully saturated rings. The Bertz CT molecular complexity index is 423. The van der Waals surface area contributed by atoms with Crippen LogP contribution >= 0.6 is 15.9 Å². The second-order valence-electron chi connectivity index (χ2n) is 4.79. The molecule has 0 saturated carbocycles. The highest BCUT2D eigenvalue weighted by Gasteiger charge is 2.20. The molecule has 0 aliphatic heterocycles. The average molecular weight is 332 g/mol. The zero-order valence-electron chi connectivity index (χ0n) is 11.4. The van der Waals surface area contributed by atoms with Crippen molar-refractivity contribution in [2.24, 2.45) is 0 Å². The van der Waals surface area contributed by atoms with Gasteiger partial charge in [0, 0.05) is 16.1 Å². The zero-order valence-corrected chi connectivity index (χ0v) is 13.0. The highest BCUT2D eigenvalue weighted by Crippen LogP contribution is 2.28. The van der Waals surface area contributed by atoms with Gasteiger partial charge in [-0.15, -0.1) is 6.58 Å². The molecule has 4 heteroatoms. The van der Waals surface area contributed by atoms with Crippen molar-refractivity contribution < 1.29 is 8.78 Å². The summed E-state index contributed by atoms with van der Waals surface area (Å²) >= 11 is 3.10. The number of allylic oxidation sites excluding steroid dienone is 1. The molecule has 0 saturated heterocycles. The van der Waals surface area contributed by atoms with E-state index in [-0.39, 0.29) is 11.6 Å². The normalized spacial score (nSPS) is 12.5. The van der Waals surface area contributed by atoms with Gasteiger partial charge in [0.25, 0.3) is 0 Å². The van der Waals surface area contributed by atoms with E-state index in [1.54, 1.807) is 0 Å². The van der Waals surface area contributed by atoms with Crippen molar-refractivity contribution in [2.45, 2.75) is 39.2 Å². The molecule has 0 radical (unpaired) electrons. The molecular formula is C15H20BrF2N. The van der Waals surface area contributed by atoms with Crippen molar-refractivity contribution in [3.05, 3.63) is 46.0 Å². The third kappa shape index (κ3) is 5.03. The van der Waals surface area contributed by atoms with Crippen molar-refractivity contribution in [3.8, 4) is 0 Å². The minimum absolute atomic E-state index is 0.123. The predicted molar refractivity (Wildman–Crippen MR) is 79.1 cm³/mol. The van der Waals surface area contributed by atoms with Crippen molar-refractivity contribution >= 4 is 15.9 Å². The Morgan fingerprint density at radius 3 is 2.42 bits per heavy atom. The molecule has 1 aromatic rings. The maximum absolute atomic E-state index is 14.0. The van der Waals surface area contributed by atoms with Gasteiger partial charge >= 0.3 is 0 Å². The van der Waals surface area contributed by atoms with Gasteiger partial charge in [-0.2, -0.15) is 0 Å². The van der Waals surface area contributed by atoms with Crippen molar-refractivity contribution in [1.82, 2.24) is 5.32 Å². The molecule has 1 atom stereocenters. The van der Waals surface area contributed by atoms with Crippen LogP contribution in [0, 0.1) is 11.6 Å². The van der Waals surface area contributed by atoms with Crippen LogP contribution in [0.5, 0.6) is 0 Å². The Kier molecular flexibility index (Phi) is 6.66. The lowest BCUT2D eigenvalue weighted by Gasteiger charge is -2.20. The van der Waals surface area contributed by atoms with E-state index in [9.17, 15) is 8.78 Å². The molecule has 19 heavy (non-hydrogen) atoms. The van der Waals surface area contributed by atoms with E-state index < -0.39 is 11.6 Å². The average Bonchev–Trinajstić information content (AvgIpc) is 2.30. The summed E-state index contributed by atoms with van der Waals surface area (Å²) in [5, 5.41) is 3.21. The van der Waals surface area contributed by atoms with Gasteiger partial charge in [-0.25, -0.2) is 8.78 Å². The highest BCUT2D eigenvalue weighted by atomic mass is 79.9. The van der Waals surface area contributed by atoms with Gasteiger partial charge in [0.05, 0.1) is 0 Å². The Morgan fingerprint density at radius 1 is 1.37 bits per heavy atom. The molecule has 1 N–H and O–H groups in total. The summed E-state index contributed by atoms with van der Waals surface area (Å²) in [5.74, 6) is -1.02. The summed E-state index contributed by atoms with van der Waals surface area (Å²) in [5.41, 5.74) is 1.14. The third-order valence-electron chi connectivity index (χ3n) is 2.89. The Hall–Kier alpha value is -0.740. The second kappa shape index (κ2) is 7.75. The molecule has 1 rings (SSSR count). The summed E-state index contributed by atoms with van der Waals surface area (Å²) < 4.78 is 28.4. The van der Waals surface area contributed by atoms with Crippen LogP contribution in [0.2, 0.25) is 0 Å². The van der Waals surface area contributed by atoms with Gasteiger partial charge in [-0.3, -0.25) is 0 Å². The van der Waals surface area contributed by atoms with Gasteiger partial charge < -0.3 is 5.32 Å². The van der Waals surface area contributed by atoms with E-state index in [2.05, 4.69) is 27.8 Å². The van der Waals surface area contributed by atoms with Crippen LogP contribution in [0.4, 0.5) is 8.78 Å². The quantitative estimate of drug-likeness (QED) is 0.683. The lowest BCUT2D eigenvalue weighted by molar-refractivity contribution is 0.445. The van der Waals surface area contributed by atoms with Gasteiger partial charge in [0.2, 0.25) is 0 Å². The van der Waals surface area contributed by atoms with Gasteiger partial charge in [-0.05, 0) is 44.9 Å². The molecule has 0 aromatic heterocycles. The van der Waals surface area contributed by atoms with E-state index in [1.165, 1.54) is 12.1 Å². The fourth-order valence-electron chi connectivity index (χ4n) is 1.94. The summed E-state index contributed by atoms with van der Waals surface area (Å²) in [6, 6.07) is 2.30. The van der Waals surface area contributed by atoms with Crippen molar-refractivity contribution in [2.75, 3.05) is 6.54 Å². The molecule has 0 aliphatic rings. The maximum Gasteiger partial charge on any atom is 0.132 e. The first kappa shape index (κ1) is 16.3. The van der Waals surface area contributed by atoms with Crippen molar-refractivity contribution in [1.29, 1.82) is 0 Å². The first-order valence-electron chi connectivity index (χ1n) is 6.48. The molecular weight excluding hydrogens is 312 g/mol.